The van der Waals surface area contributed by atoms with Crippen LogP contribution >= 0.6 is 0 Å². The van der Waals surface area contributed by atoms with Gasteiger partial charge in [-0.2, -0.15) is 0 Å². The molecule has 3 N–H and O–H groups in total. The standard InChI is InChI=1S/C17H28N2O3/c1-5-22-16-8-6-7-15(10-16)14(4)19-17(21)18-11-12(2)9-13(3)20/h6-8,10,12-14,20H,5,9,11H2,1-4H3,(H2,18,19,21). The highest BCUT2D eigenvalue weighted by Gasteiger charge is 2.12. The molecule has 5 nitrogen and oxygen atoms in total. The van der Waals surface area contributed by atoms with E-state index in [1.165, 1.54) is 0 Å². The van der Waals surface area contributed by atoms with Gasteiger partial charge in [0, 0.05) is 6.54 Å². The Bertz CT molecular complexity index is 463. The number of aliphatic hydroxyl groups excluding tert-OH is 1. The first-order valence-corrected chi connectivity index (χ1v) is 7.87. The van der Waals surface area contributed by atoms with E-state index in [4.69, 9.17) is 4.74 Å². The summed E-state index contributed by atoms with van der Waals surface area (Å²) in [6.07, 6.45) is 0.326. The Balaban J connectivity index is 2.45. The van der Waals surface area contributed by atoms with Crippen LogP contribution in [0.5, 0.6) is 5.75 Å². The smallest absolute Gasteiger partial charge is 0.315 e. The molecule has 0 saturated carbocycles. The first-order valence-electron chi connectivity index (χ1n) is 7.87. The monoisotopic (exact) mass is 308 g/mol. The van der Waals surface area contributed by atoms with Crippen molar-refractivity contribution in [1.82, 2.24) is 10.6 Å². The van der Waals surface area contributed by atoms with Crippen LogP contribution in [0.3, 0.4) is 0 Å². The van der Waals surface area contributed by atoms with Crippen molar-refractivity contribution >= 4 is 6.03 Å². The Kier molecular flexibility index (Phi) is 7.74. The molecule has 0 aliphatic heterocycles. The molecule has 1 aromatic carbocycles. The highest BCUT2D eigenvalue weighted by molar-refractivity contribution is 5.74. The third kappa shape index (κ3) is 6.80. The number of aliphatic hydroxyl groups is 1. The molecule has 3 atom stereocenters. The minimum Gasteiger partial charge on any atom is -0.494 e. The summed E-state index contributed by atoms with van der Waals surface area (Å²) >= 11 is 0. The van der Waals surface area contributed by atoms with E-state index < -0.39 is 0 Å². The van der Waals surface area contributed by atoms with E-state index >= 15 is 0 Å². The Morgan fingerprint density at radius 1 is 1.32 bits per heavy atom. The Labute approximate surface area is 133 Å². The maximum atomic E-state index is 11.9. The van der Waals surface area contributed by atoms with Crippen molar-refractivity contribution in [2.75, 3.05) is 13.2 Å². The minimum absolute atomic E-state index is 0.104. The number of rotatable bonds is 8. The van der Waals surface area contributed by atoms with Gasteiger partial charge in [0.25, 0.3) is 0 Å². The molecule has 2 amide bonds. The number of ether oxygens (including phenoxy) is 1. The van der Waals surface area contributed by atoms with Gasteiger partial charge in [-0.25, -0.2) is 4.79 Å². The summed E-state index contributed by atoms with van der Waals surface area (Å²) in [5, 5.41) is 15.1. The molecule has 0 radical (unpaired) electrons. The van der Waals surface area contributed by atoms with Crippen LogP contribution in [0, 0.1) is 5.92 Å². The fourth-order valence-electron chi connectivity index (χ4n) is 2.30. The van der Waals surface area contributed by atoms with Crippen LogP contribution in [0.25, 0.3) is 0 Å². The minimum atomic E-state index is -0.347. The predicted molar refractivity (Wildman–Crippen MR) is 88.0 cm³/mol. The van der Waals surface area contributed by atoms with Gasteiger partial charge in [-0.3, -0.25) is 0 Å². The third-order valence-corrected chi connectivity index (χ3v) is 3.37. The van der Waals surface area contributed by atoms with Crippen molar-refractivity contribution in [2.24, 2.45) is 5.92 Å². The molecule has 0 fully saturated rings. The van der Waals surface area contributed by atoms with E-state index in [2.05, 4.69) is 10.6 Å². The van der Waals surface area contributed by atoms with Gasteiger partial charge in [-0.15, -0.1) is 0 Å². The number of carbonyl (C=O) groups excluding carboxylic acids is 1. The lowest BCUT2D eigenvalue weighted by Gasteiger charge is -2.18. The molecule has 0 bridgehead atoms. The lowest BCUT2D eigenvalue weighted by molar-refractivity contribution is 0.163. The topological polar surface area (TPSA) is 70.6 Å². The molecule has 0 spiro atoms. The Morgan fingerprint density at radius 3 is 2.68 bits per heavy atom. The number of urea groups is 1. The van der Waals surface area contributed by atoms with Crippen molar-refractivity contribution in [2.45, 2.75) is 46.3 Å². The SMILES string of the molecule is CCOc1cccc(C(C)NC(=O)NCC(C)CC(C)O)c1. The molecule has 0 aliphatic rings. The largest absolute Gasteiger partial charge is 0.494 e. The molecular formula is C17H28N2O3. The predicted octanol–water partition coefficient (Wildman–Crippen LogP) is 2.85. The van der Waals surface area contributed by atoms with E-state index in [1.807, 2.05) is 45.0 Å². The average Bonchev–Trinajstić information content (AvgIpc) is 2.45. The molecule has 0 saturated heterocycles. The van der Waals surface area contributed by atoms with Crippen LogP contribution in [0.2, 0.25) is 0 Å². The van der Waals surface area contributed by atoms with Crippen molar-refractivity contribution in [1.29, 1.82) is 0 Å². The zero-order valence-electron chi connectivity index (χ0n) is 13.9. The Morgan fingerprint density at radius 2 is 2.05 bits per heavy atom. The van der Waals surface area contributed by atoms with Crippen LogP contribution in [0.4, 0.5) is 4.79 Å². The zero-order valence-corrected chi connectivity index (χ0v) is 13.9. The van der Waals surface area contributed by atoms with Crippen molar-refractivity contribution in [3.05, 3.63) is 29.8 Å². The van der Waals surface area contributed by atoms with Crippen LogP contribution in [0.1, 0.15) is 45.7 Å². The van der Waals surface area contributed by atoms with E-state index in [9.17, 15) is 9.90 Å². The van der Waals surface area contributed by atoms with Crippen molar-refractivity contribution in [3.8, 4) is 5.75 Å². The first kappa shape index (κ1) is 18.3. The van der Waals surface area contributed by atoms with Crippen molar-refractivity contribution < 1.29 is 14.6 Å². The summed E-state index contributed by atoms with van der Waals surface area (Å²) < 4.78 is 5.47. The van der Waals surface area contributed by atoms with E-state index in [1.54, 1.807) is 6.92 Å². The van der Waals surface area contributed by atoms with Gasteiger partial charge < -0.3 is 20.5 Å². The van der Waals surface area contributed by atoms with Gasteiger partial charge in [-0.05, 0) is 50.8 Å². The summed E-state index contributed by atoms with van der Waals surface area (Å²) in [7, 11) is 0. The third-order valence-electron chi connectivity index (χ3n) is 3.37. The zero-order chi connectivity index (χ0) is 16.5. The number of benzene rings is 1. The molecule has 0 aromatic heterocycles. The number of hydrogen-bond donors (Lipinski definition) is 3. The second-order valence-corrected chi connectivity index (χ2v) is 5.77. The van der Waals surface area contributed by atoms with Gasteiger partial charge in [0.15, 0.2) is 0 Å². The highest BCUT2D eigenvalue weighted by atomic mass is 16.5. The fourth-order valence-corrected chi connectivity index (χ4v) is 2.30. The van der Waals surface area contributed by atoms with Gasteiger partial charge in [0.1, 0.15) is 5.75 Å². The number of nitrogens with one attached hydrogen (secondary N) is 2. The maximum absolute atomic E-state index is 11.9. The summed E-state index contributed by atoms with van der Waals surface area (Å²) in [5.74, 6) is 1.04. The van der Waals surface area contributed by atoms with Crippen LogP contribution in [-0.4, -0.2) is 30.4 Å². The fraction of sp³-hybridized carbons (Fsp3) is 0.588. The summed E-state index contributed by atoms with van der Waals surface area (Å²) in [6.45, 7) is 8.79. The van der Waals surface area contributed by atoms with Gasteiger partial charge in [-0.1, -0.05) is 19.1 Å². The molecule has 3 unspecified atom stereocenters. The summed E-state index contributed by atoms with van der Waals surface area (Å²) in [5.41, 5.74) is 0.998. The van der Waals surface area contributed by atoms with Crippen molar-refractivity contribution in [3.63, 3.8) is 0 Å². The lowest BCUT2D eigenvalue weighted by atomic mass is 10.1. The molecule has 1 rings (SSSR count). The van der Waals surface area contributed by atoms with E-state index in [-0.39, 0.29) is 24.1 Å². The average molecular weight is 308 g/mol. The van der Waals surface area contributed by atoms with Crippen LogP contribution in [-0.2, 0) is 0 Å². The first-order chi connectivity index (χ1) is 10.4. The second-order valence-electron chi connectivity index (χ2n) is 5.77. The van der Waals surface area contributed by atoms with E-state index in [0.717, 1.165) is 11.3 Å². The van der Waals surface area contributed by atoms with Gasteiger partial charge >= 0.3 is 6.03 Å². The molecular weight excluding hydrogens is 280 g/mol. The molecule has 0 heterocycles. The normalized spacial score (nSPS) is 14.8. The molecule has 124 valence electrons. The molecule has 1 aromatic rings. The summed E-state index contributed by atoms with van der Waals surface area (Å²) in [4.78, 5) is 11.9. The lowest BCUT2D eigenvalue weighted by Crippen LogP contribution is -2.39. The number of hydrogen-bond acceptors (Lipinski definition) is 3. The maximum Gasteiger partial charge on any atom is 0.315 e. The number of amides is 2. The van der Waals surface area contributed by atoms with Gasteiger partial charge in [0.05, 0.1) is 18.8 Å². The Hall–Kier alpha value is -1.75. The summed E-state index contributed by atoms with van der Waals surface area (Å²) in [6, 6.07) is 7.41. The van der Waals surface area contributed by atoms with E-state index in [0.29, 0.717) is 19.6 Å². The van der Waals surface area contributed by atoms with Crippen LogP contribution in [0.15, 0.2) is 24.3 Å². The van der Waals surface area contributed by atoms with Crippen LogP contribution < -0.4 is 15.4 Å². The molecule has 5 heteroatoms. The molecule has 0 aliphatic carbocycles. The quantitative estimate of drug-likeness (QED) is 0.691. The second kappa shape index (κ2) is 9.30. The van der Waals surface area contributed by atoms with Gasteiger partial charge in [0.2, 0.25) is 0 Å². The highest BCUT2D eigenvalue weighted by Crippen LogP contribution is 2.19. The molecule has 22 heavy (non-hydrogen) atoms. The number of carbonyl (C=O) groups is 1.